The zero-order chi connectivity index (χ0) is 36.0. The van der Waals surface area contributed by atoms with E-state index >= 15 is 0 Å². The second kappa shape index (κ2) is 23.4. The number of carboxylic acid groups (broad SMARTS) is 3. The molecule has 0 aromatic heterocycles. The van der Waals surface area contributed by atoms with Gasteiger partial charge < -0.3 is 25.8 Å². The zero-order valence-electron chi connectivity index (χ0n) is 28.5. The molecule has 0 aliphatic heterocycles. The molecule has 13 heteroatoms. The van der Waals surface area contributed by atoms with Crippen LogP contribution in [0.4, 0.5) is 0 Å². The Balaban J connectivity index is 1.63. The molecule has 2 aromatic carbocycles. The van der Waals surface area contributed by atoms with Crippen LogP contribution in [0.15, 0.2) is 54.6 Å². The van der Waals surface area contributed by atoms with Crippen molar-refractivity contribution in [2.75, 3.05) is 72.6 Å². The van der Waals surface area contributed by atoms with Gasteiger partial charge in [-0.3, -0.25) is 38.7 Å². The highest BCUT2D eigenvalue weighted by Gasteiger charge is 2.18. The lowest BCUT2D eigenvalue weighted by atomic mass is 9.99. The van der Waals surface area contributed by atoms with E-state index in [-0.39, 0.29) is 44.4 Å². The van der Waals surface area contributed by atoms with Crippen LogP contribution in [0.3, 0.4) is 0 Å². The molecule has 0 radical (unpaired) electrons. The van der Waals surface area contributed by atoms with Gasteiger partial charge in [0, 0.05) is 39.2 Å². The highest BCUT2D eigenvalue weighted by molar-refractivity contribution is 5.85. The molecule has 0 spiro atoms. The van der Waals surface area contributed by atoms with E-state index in [4.69, 9.17) is 25.8 Å². The van der Waals surface area contributed by atoms with Crippen molar-refractivity contribution in [1.29, 1.82) is 0 Å². The molecule has 270 valence electrons. The number of rotatable bonds is 28. The van der Waals surface area contributed by atoms with Crippen molar-refractivity contribution in [1.82, 2.24) is 14.7 Å². The predicted octanol–water partition coefficient (Wildman–Crippen LogP) is 2.51. The molecule has 0 saturated heterocycles. The van der Waals surface area contributed by atoms with Crippen molar-refractivity contribution in [3.05, 3.63) is 60.2 Å². The molecule has 0 fully saturated rings. The summed E-state index contributed by atoms with van der Waals surface area (Å²) >= 11 is 0. The van der Waals surface area contributed by atoms with Gasteiger partial charge in [0.15, 0.2) is 5.78 Å². The van der Waals surface area contributed by atoms with Crippen LogP contribution in [0.25, 0.3) is 11.1 Å². The second-order valence-corrected chi connectivity index (χ2v) is 12.4. The lowest BCUT2D eigenvalue weighted by Crippen LogP contribution is -2.44. The Kier molecular flexibility index (Phi) is 19.6. The number of carbonyl (C=O) groups excluding carboxylic acids is 2. The molecule has 0 aliphatic carbocycles. The standard InChI is InChI=1S/C36H52N4O9/c1-38(24-34(43)44)17-18-39(19-20-40(25-35(45)46)26-36(47)48)23-31(41)12-8-3-2-4-9-21-49-27-33(42)32(37)22-28-13-15-30(16-14-28)29-10-6-5-7-11-29/h5-7,10-11,13-16,32H,2-4,8-9,12,17-27,37H2,1H3,(H,43,44)(H,45,46)(H,47,48)/t32-/m1/s1. The quantitative estimate of drug-likeness (QED) is 0.0958. The average molecular weight is 685 g/mol. The highest BCUT2D eigenvalue weighted by Crippen LogP contribution is 2.19. The molecule has 0 amide bonds. The van der Waals surface area contributed by atoms with Gasteiger partial charge in [0.05, 0.1) is 32.2 Å². The normalized spacial score (nSPS) is 12.0. The van der Waals surface area contributed by atoms with Crippen LogP contribution in [0.5, 0.6) is 0 Å². The molecular weight excluding hydrogens is 632 g/mol. The Bertz CT molecular complexity index is 1290. The first-order valence-corrected chi connectivity index (χ1v) is 16.7. The summed E-state index contributed by atoms with van der Waals surface area (Å²) in [6.45, 7) is 0.654. The van der Waals surface area contributed by atoms with Crippen molar-refractivity contribution < 1.29 is 44.0 Å². The number of unbranched alkanes of at least 4 members (excludes halogenated alkanes) is 4. The molecule has 0 heterocycles. The predicted molar refractivity (Wildman–Crippen MR) is 185 cm³/mol. The minimum atomic E-state index is -1.15. The lowest BCUT2D eigenvalue weighted by molar-refractivity contribution is -0.142. The topological polar surface area (TPSA) is 191 Å². The third-order valence-electron chi connectivity index (χ3n) is 7.97. The molecule has 2 rings (SSSR count). The third kappa shape index (κ3) is 18.9. The van der Waals surface area contributed by atoms with E-state index in [0.717, 1.165) is 42.4 Å². The molecule has 1 atom stereocenters. The van der Waals surface area contributed by atoms with Crippen molar-refractivity contribution in [3.8, 4) is 11.1 Å². The van der Waals surface area contributed by atoms with Gasteiger partial charge in [-0.1, -0.05) is 73.9 Å². The van der Waals surface area contributed by atoms with Crippen LogP contribution in [-0.4, -0.2) is 138 Å². The monoisotopic (exact) mass is 684 g/mol. The number of ether oxygens (including phenoxy) is 1. The number of ketones is 2. The molecular formula is C36H52N4O9. The maximum atomic E-state index is 12.7. The van der Waals surface area contributed by atoms with E-state index in [9.17, 15) is 24.0 Å². The van der Waals surface area contributed by atoms with Crippen LogP contribution in [0.2, 0.25) is 0 Å². The van der Waals surface area contributed by atoms with Gasteiger partial charge in [0.1, 0.15) is 12.4 Å². The summed E-state index contributed by atoms with van der Waals surface area (Å²) in [7, 11) is 1.65. The van der Waals surface area contributed by atoms with Gasteiger partial charge in [-0.25, -0.2) is 0 Å². The summed E-state index contributed by atoms with van der Waals surface area (Å²) in [5.74, 6) is -3.39. The molecule has 0 saturated carbocycles. The fourth-order valence-electron chi connectivity index (χ4n) is 5.27. The number of nitrogens with zero attached hydrogens (tertiary/aromatic N) is 3. The number of carboxylic acids is 3. The zero-order valence-corrected chi connectivity index (χ0v) is 28.5. The largest absolute Gasteiger partial charge is 0.480 e. The summed E-state index contributed by atoms with van der Waals surface area (Å²) in [6.07, 6.45) is 4.97. The van der Waals surface area contributed by atoms with Crippen LogP contribution < -0.4 is 5.73 Å². The van der Waals surface area contributed by atoms with E-state index in [2.05, 4.69) is 0 Å². The van der Waals surface area contributed by atoms with Gasteiger partial charge in [0.2, 0.25) is 0 Å². The van der Waals surface area contributed by atoms with Gasteiger partial charge in [-0.2, -0.15) is 0 Å². The first-order valence-electron chi connectivity index (χ1n) is 16.7. The van der Waals surface area contributed by atoms with E-state index in [1.165, 1.54) is 4.90 Å². The number of nitrogens with two attached hydrogens (primary N) is 1. The van der Waals surface area contributed by atoms with E-state index in [1.54, 1.807) is 11.9 Å². The fraction of sp³-hybridized carbons (Fsp3) is 0.528. The number of hydrogen-bond acceptors (Lipinski definition) is 10. The number of hydrogen-bond donors (Lipinski definition) is 4. The van der Waals surface area contributed by atoms with Crippen LogP contribution >= 0.6 is 0 Å². The number of aliphatic carboxylic acids is 3. The summed E-state index contributed by atoms with van der Waals surface area (Å²) < 4.78 is 5.57. The maximum absolute atomic E-state index is 12.7. The van der Waals surface area contributed by atoms with E-state index < -0.39 is 37.0 Å². The number of benzene rings is 2. The van der Waals surface area contributed by atoms with Crippen LogP contribution in [-0.2, 0) is 35.1 Å². The number of Topliss-reactive ketones (excluding diaryl/α,β-unsaturated/α-hetero) is 2. The van der Waals surface area contributed by atoms with Gasteiger partial charge in [-0.05, 0) is 43.0 Å². The summed E-state index contributed by atoms with van der Waals surface area (Å²) in [5.41, 5.74) is 9.36. The molecule has 49 heavy (non-hydrogen) atoms. The molecule has 5 N–H and O–H groups in total. The Hall–Kier alpha value is -4.01. The first-order chi connectivity index (χ1) is 23.4. The van der Waals surface area contributed by atoms with Crippen LogP contribution in [0, 0.1) is 0 Å². The number of carbonyl (C=O) groups is 5. The Morgan fingerprint density at radius 1 is 0.673 bits per heavy atom. The van der Waals surface area contributed by atoms with Crippen LogP contribution in [0.1, 0.15) is 44.1 Å². The molecule has 0 aliphatic rings. The smallest absolute Gasteiger partial charge is 0.317 e. The average Bonchev–Trinajstić information content (AvgIpc) is 3.04. The minimum absolute atomic E-state index is 0.00855. The lowest BCUT2D eigenvalue weighted by Gasteiger charge is -2.27. The third-order valence-corrected chi connectivity index (χ3v) is 7.97. The van der Waals surface area contributed by atoms with E-state index in [0.29, 0.717) is 39.0 Å². The minimum Gasteiger partial charge on any atom is -0.480 e. The van der Waals surface area contributed by atoms with Crippen molar-refractivity contribution >= 4 is 29.5 Å². The Morgan fingerprint density at radius 3 is 1.86 bits per heavy atom. The van der Waals surface area contributed by atoms with Gasteiger partial charge in [0.25, 0.3) is 0 Å². The Labute approximate surface area is 288 Å². The van der Waals surface area contributed by atoms with Crippen molar-refractivity contribution in [2.24, 2.45) is 5.73 Å². The summed E-state index contributed by atoms with van der Waals surface area (Å²) in [5, 5.41) is 27.2. The Morgan fingerprint density at radius 2 is 1.22 bits per heavy atom. The molecule has 13 nitrogen and oxygen atoms in total. The fourth-order valence-corrected chi connectivity index (χ4v) is 5.27. The van der Waals surface area contributed by atoms with Gasteiger partial charge >= 0.3 is 17.9 Å². The maximum Gasteiger partial charge on any atom is 0.317 e. The highest BCUT2D eigenvalue weighted by atomic mass is 16.5. The SMILES string of the molecule is CN(CCN(CCN(CC(=O)O)CC(=O)O)CC(=O)CCCCCCCOCC(=O)[C@H](N)Cc1ccc(-c2ccccc2)cc1)CC(=O)O. The van der Waals surface area contributed by atoms with E-state index in [1.807, 2.05) is 59.5 Å². The molecule has 0 unspecified atom stereocenters. The summed E-state index contributed by atoms with van der Waals surface area (Å²) in [4.78, 5) is 63.2. The second-order valence-electron chi connectivity index (χ2n) is 12.4. The summed E-state index contributed by atoms with van der Waals surface area (Å²) in [6, 6.07) is 17.5. The first kappa shape index (κ1) is 41.2. The molecule has 2 aromatic rings. The molecule has 0 bridgehead atoms. The van der Waals surface area contributed by atoms with Crippen molar-refractivity contribution in [2.45, 2.75) is 51.0 Å². The number of likely N-dealkylation sites (N-methyl/N-ethyl adjacent to an activating group) is 1. The van der Waals surface area contributed by atoms with Crippen molar-refractivity contribution in [3.63, 3.8) is 0 Å². The van der Waals surface area contributed by atoms with Gasteiger partial charge in [-0.15, -0.1) is 0 Å².